The van der Waals surface area contributed by atoms with Crippen LogP contribution in [-0.4, -0.2) is 4.57 Å². The zero-order valence-electron chi connectivity index (χ0n) is 30.3. The first kappa shape index (κ1) is 40.2. The molecule has 0 spiro atoms. The van der Waals surface area contributed by atoms with E-state index in [2.05, 4.69) is 42.3 Å². The summed E-state index contributed by atoms with van der Waals surface area (Å²) in [7, 11) is 0. The lowest BCUT2D eigenvalue weighted by Crippen LogP contribution is -2.37. The molecule has 0 unspecified atom stereocenters. The SMILES string of the molecule is CCCCCCCCCCCCCCCCCCc1n(CCCC)cc[n+]1CCCCCCCCCCCCCCCC. The molecule has 0 radical (unpaired) electrons. The fraction of sp³-hybridized carbons (Fsp3) is 0.927. The zero-order chi connectivity index (χ0) is 30.9. The van der Waals surface area contributed by atoms with E-state index in [9.17, 15) is 0 Å². The van der Waals surface area contributed by atoms with Gasteiger partial charge in [0.2, 0.25) is 0 Å². The van der Waals surface area contributed by atoms with Crippen molar-refractivity contribution < 1.29 is 4.57 Å². The van der Waals surface area contributed by atoms with E-state index in [-0.39, 0.29) is 0 Å². The van der Waals surface area contributed by atoms with Gasteiger partial charge in [-0.25, -0.2) is 9.13 Å². The summed E-state index contributed by atoms with van der Waals surface area (Å²) in [4.78, 5) is 0. The van der Waals surface area contributed by atoms with Gasteiger partial charge in [0.05, 0.1) is 13.1 Å². The molecule has 0 saturated carbocycles. The van der Waals surface area contributed by atoms with Crippen LogP contribution in [0.1, 0.15) is 232 Å². The van der Waals surface area contributed by atoms with Crippen LogP contribution in [0.4, 0.5) is 0 Å². The summed E-state index contributed by atoms with van der Waals surface area (Å²) in [6.07, 6.45) is 52.0. The Morgan fingerprint density at radius 1 is 0.395 bits per heavy atom. The minimum atomic E-state index is 1.20. The minimum Gasteiger partial charge on any atom is -0.234 e. The fourth-order valence-electron chi connectivity index (χ4n) is 6.83. The average Bonchev–Trinajstić information content (AvgIpc) is 3.40. The van der Waals surface area contributed by atoms with E-state index in [0.29, 0.717) is 0 Å². The summed E-state index contributed by atoms with van der Waals surface area (Å²) in [6, 6.07) is 0. The Hall–Kier alpha value is -0.790. The highest BCUT2D eigenvalue weighted by molar-refractivity contribution is 4.84. The van der Waals surface area contributed by atoms with Gasteiger partial charge in [-0.2, -0.15) is 0 Å². The molecule has 1 heterocycles. The van der Waals surface area contributed by atoms with Crippen LogP contribution in [0, 0.1) is 0 Å². The Balaban J connectivity index is 2.06. The third kappa shape index (κ3) is 25.1. The van der Waals surface area contributed by atoms with Gasteiger partial charge in [0.25, 0.3) is 5.82 Å². The Bertz CT molecular complexity index is 663. The first-order chi connectivity index (χ1) is 21.3. The molecule has 1 aromatic heterocycles. The Morgan fingerprint density at radius 2 is 0.721 bits per heavy atom. The van der Waals surface area contributed by atoms with Crippen LogP contribution in [-0.2, 0) is 19.5 Å². The summed E-state index contributed by atoms with van der Waals surface area (Å²) in [5.74, 6) is 1.61. The topological polar surface area (TPSA) is 8.81 Å². The predicted octanol–water partition coefficient (Wildman–Crippen LogP) is 13.9. The second-order valence-electron chi connectivity index (χ2n) is 14.1. The van der Waals surface area contributed by atoms with Crippen LogP contribution in [0.5, 0.6) is 0 Å². The molecule has 0 amide bonds. The van der Waals surface area contributed by atoms with E-state index < -0.39 is 0 Å². The lowest BCUT2D eigenvalue weighted by Gasteiger charge is -2.07. The number of unbranched alkanes of at least 4 members (excludes halogenated alkanes) is 29. The summed E-state index contributed by atoms with van der Waals surface area (Å²) in [6.45, 7) is 9.37. The summed E-state index contributed by atoms with van der Waals surface area (Å²) in [5, 5.41) is 0. The quantitative estimate of drug-likeness (QED) is 0.0540. The van der Waals surface area contributed by atoms with Crippen LogP contribution >= 0.6 is 0 Å². The standard InChI is InChI=1S/C41H81N2/c1-4-7-10-12-14-16-18-20-22-23-24-26-28-30-32-34-36-41-42(37-9-6-3)39-40-43(41)38-35-33-31-29-27-25-21-19-17-15-13-11-8-5-2/h39-40H,4-38H2,1-3H3/q+1. The molecule has 0 saturated heterocycles. The second-order valence-corrected chi connectivity index (χ2v) is 14.1. The maximum atomic E-state index is 2.61. The smallest absolute Gasteiger partial charge is 0.234 e. The first-order valence-corrected chi connectivity index (χ1v) is 20.4. The molecule has 0 aliphatic rings. The van der Waals surface area contributed by atoms with Crippen molar-refractivity contribution in [1.29, 1.82) is 0 Å². The van der Waals surface area contributed by atoms with Gasteiger partial charge in [-0.15, -0.1) is 0 Å². The van der Waals surface area contributed by atoms with Crippen molar-refractivity contribution >= 4 is 0 Å². The van der Waals surface area contributed by atoms with E-state index in [0.717, 1.165) is 0 Å². The number of hydrogen-bond donors (Lipinski definition) is 0. The third-order valence-electron chi connectivity index (χ3n) is 9.85. The molecule has 0 N–H and O–H groups in total. The molecule has 1 aromatic rings. The van der Waals surface area contributed by atoms with Gasteiger partial charge in [0.1, 0.15) is 12.4 Å². The number of hydrogen-bond acceptors (Lipinski definition) is 0. The highest BCUT2D eigenvalue weighted by Gasteiger charge is 2.16. The van der Waals surface area contributed by atoms with Gasteiger partial charge in [0, 0.05) is 6.42 Å². The molecule has 0 aromatic carbocycles. The van der Waals surface area contributed by atoms with Gasteiger partial charge in [-0.3, -0.25) is 0 Å². The van der Waals surface area contributed by atoms with Gasteiger partial charge in [-0.1, -0.05) is 201 Å². The molecule has 43 heavy (non-hydrogen) atoms. The molecule has 254 valence electrons. The van der Waals surface area contributed by atoms with Crippen LogP contribution < -0.4 is 4.57 Å². The average molecular weight is 602 g/mol. The Labute approximate surface area is 272 Å². The van der Waals surface area contributed by atoms with Crippen LogP contribution in [0.15, 0.2) is 12.4 Å². The fourth-order valence-corrected chi connectivity index (χ4v) is 6.83. The first-order valence-electron chi connectivity index (χ1n) is 20.4. The van der Waals surface area contributed by atoms with E-state index in [1.165, 1.54) is 225 Å². The molecule has 0 fully saturated rings. The van der Waals surface area contributed by atoms with Crippen LogP contribution in [0.3, 0.4) is 0 Å². The molecule has 2 heteroatoms. The molecule has 0 bridgehead atoms. The van der Waals surface area contributed by atoms with E-state index in [1.54, 1.807) is 5.82 Å². The van der Waals surface area contributed by atoms with Gasteiger partial charge in [-0.05, 0) is 25.7 Å². The van der Waals surface area contributed by atoms with Gasteiger partial charge < -0.3 is 0 Å². The molecule has 0 aliphatic heterocycles. The number of rotatable bonds is 35. The molecule has 0 atom stereocenters. The van der Waals surface area contributed by atoms with Crippen molar-refractivity contribution in [2.24, 2.45) is 0 Å². The van der Waals surface area contributed by atoms with Crippen molar-refractivity contribution in [2.75, 3.05) is 0 Å². The lowest BCUT2D eigenvalue weighted by molar-refractivity contribution is -0.704. The predicted molar refractivity (Wildman–Crippen MR) is 193 cm³/mol. The summed E-state index contributed by atoms with van der Waals surface area (Å²) >= 11 is 0. The normalized spacial score (nSPS) is 11.6. The van der Waals surface area contributed by atoms with Crippen LogP contribution in [0.25, 0.3) is 0 Å². The number of aromatic nitrogens is 2. The number of nitrogens with zero attached hydrogens (tertiary/aromatic N) is 2. The molecule has 2 nitrogen and oxygen atoms in total. The van der Waals surface area contributed by atoms with Crippen LogP contribution in [0.2, 0.25) is 0 Å². The van der Waals surface area contributed by atoms with E-state index >= 15 is 0 Å². The van der Waals surface area contributed by atoms with Crippen molar-refractivity contribution in [1.82, 2.24) is 4.57 Å². The molecular weight excluding hydrogens is 520 g/mol. The number of aryl methyl sites for hydroxylation is 2. The monoisotopic (exact) mass is 602 g/mol. The zero-order valence-corrected chi connectivity index (χ0v) is 30.3. The van der Waals surface area contributed by atoms with Gasteiger partial charge in [0.15, 0.2) is 0 Å². The largest absolute Gasteiger partial charge is 0.256 e. The third-order valence-corrected chi connectivity index (χ3v) is 9.85. The maximum absolute atomic E-state index is 2.61. The van der Waals surface area contributed by atoms with Gasteiger partial charge >= 0.3 is 0 Å². The minimum absolute atomic E-state index is 1.20. The number of imidazole rings is 1. The highest BCUT2D eigenvalue weighted by atomic mass is 15.1. The Kier molecular flexibility index (Phi) is 30.5. The lowest BCUT2D eigenvalue weighted by atomic mass is 10.0. The van der Waals surface area contributed by atoms with Crippen molar-refractivity contribution in [3.63, 3.8) is 0 Å². The summed E-state index contributed by atoms with van der Waals surface area (Å²) < 4.78 is 5.19. The van der Waals surface area contributed by atoms with Crippen molar-refractivity contribution in [3.8, 4) is 0 Å². The molecular formula is C41H81N2+. The summed E-state index contributed by atoms with van der Waals surface area (Å²) in [5.41, 5.74) is 0. The van der Waals surface area contributed by atoms with E-state index in [1.807, 2.05) is 0 Å². The van der Waals surface area contributed by atoms with Crippen molar-refractivity contribution in [2.45, 2.75) is 246 Å². The highest BCUT2D eigenvalue weighted by Crippen LogP contribution is 2.16. The maximum Gasteiger partial charge on any atom is 0.256 e. The van der Waals surface area contributed by atoms with E-state index in [4.69, 9.17) is 0 Å². The second kappa shape index (κ2) is 32.6. The molecule has 0 aliphatic carbocycles. The Morgan fingerprint density at radius 3 is 1.09 bits per heavy atom. The molecule has 1 rings (SSSR count). The van der Waals surface area contributed by atoms with Crippen molar-refractivity contribution in [3.05, 3.63) is 18.2 Å².